The van der Waals surface area contributed by atoms with E-state index in [-0.39, 0.29) is 0 Å². The van der Waals surface area contributed by atoms with Gasteiger partial charge in [0, 0.05) is 0 Å². The van der Waals surface area contributed by atoms with Gasteiger partial charge in [-0.1, -0.05) is 6.42 Å². The van der Waals surface area contributed by atoms with Gasteiger partial charge in [-0.3, -0.25) is 0 Å². The molecule has 1 unspecified atom stereocenters. The molecule has 1 heterocycles. The summed E-state index contributed by atoms with van der Waals surface area (Å²) in [6.45, 7) is 0. The van der Waals surface area contributed by atoms with E-state index in [1.807, 2.05) is 0 Å². The Bertz CT molecular complexity index is 138. The number of hydrogen-bond acceptors (Lipinski definition) is 3. The van der Waals surface area contributed by atoms with Crippen LogP contribution in [-0.2, 0) is 9.45 Å². The van der Waals surface area contributed by atoms with E-state index in [0.717, 1.165) is 6.42 Å². The van der Waals surface area contributed by atoms with Crippen molar-refractivity contribution < 1.29 is 19.6 Å². The Kier molecular flexibility index (Phi) is 2.29. The minimum absolute atomic E-state index is 0.506. The Morgan fingerprint density at radius 2 is 2.40 bits per heavy atom. The zero-order valence-electron chi connectivity index (χ0n) is 5.49. The van der Waals surface area contributed by atoms with Gasteiger partial charge in [0.05, 0.1) is 0 Å². The molecule has 0 aromatic carbocycles. The summed E-state index contributed by atoms with van der Waals surface area (Å²) in [7, 11) is -0.880. The first-order chi connectivity index (χ1) is 4.70. The minimum Gasteiger partial charge on any atom is -0.479 e. The van der Waals surface area contributed by atoms with Crippen molar-refractivity contribution >= 4 is 13.1 Å². The molecule has 0 aromatic heterocycles. The Labute approximate surface area is 58.9 Å². The van der Waals surface area contributed by atoms with Gasteiger partial charge in [0.1, 0.15) is 6.10 Å². The smallest absolute Gasteiger partial charge is 0.454 e. The van der Waals surface area contributed by atoms with E-state index in [2.05, 4.69) is 0 Å². The highest BCUT2D eigenvalue weighted by atomic mass is 16.5. The van der Waals surface area contributed by atoms with Crippen LogP contribution in [0.25, 0.3) is 0 Å². The van der Waals surface area contributed by atoms with Gasteiger partial charge in [0.2, 0.25) is 0 Å². The van der Waals surface area contributed by atoms with Crippen LogP contribution in [0.3, 0.4) is 0 Å². The molecule has 1 aliphatic heterocycles. The van der Waals surface area contributed by atoms with Gasteiger partial charge in [-0.25, -0.2) is 4.79 Å². The SMILES string of the molecule is O=C(O)C1CCCB(O)O1. The zero-order valence-corrected chi connectivity index (χ0v) is 5.49. The maximum Gasteiger partial charge on any atom is 0.454 e. The number of carbonyl (C=O) groups is 1. The van der Waals surface area contributed by atoms with Crippen molar-refractivity contribution in [3.63, 3.8) is 0 Å². The third-order valence-corrected chi connectivity index (χ3v) is 1.51. The van der Waals surface area contributed by atoms with Crippen molar-refractivity contribution in [1.82, 2.24) is 0 Å². The Hall–Kier alpha value is -0.545. The normalized spacial score (nSPS) is 26.5. The van der Waals surface area contributed by atoms with E-state index >= 15 is 0 Å². The molecule has 4 nitrogen and oxygen atoms in total. The predicted octanol–water partition coefficient (Wildman–Crippen LogP) is -0.270. The second kappa shape index (κ2) is 3.03. The van der Waals surface area contributed by atoms with Crippen LogP contribution in [0.4, 0.5) is 0 Å². The van der Waals surface area contributed by atoms with Gasteiger partial charge in [0.15, 0.2) is 0 Å². The van der Waals surface area contributed by atoms with E-state index < -0.39 is 19.2 Å². The minimum atomic E-state index is -0.987. The fourth-order valence-electron chi connectivity index (χ4n) is 0.985. The monoisotopic (exact) mass is 144 g/mol. The van der Waals surface area contributed by atoms with E-state index in [9.17, 15) is 4.79 Å². The molecule has 10 heavy (non-hydrogen) atoms. The highest BCUT2D eigenvalue weighted by molar-refractivity contribution is 6.43. The molecular weight excluding hydrogens is 135 g/mol. The van der Waals surface area contributed by atoms with Crippen molar-refractivity contribution in [1.29, 1.82) is 0 Å². The van der Waals surface area contributed by atoms with Crippen molar-refractivity contribution in [3.05, 3.63) is 0 Å². The molecule has 2 N–H and O–H groups in total. The van der Waals surface area contributed by atoms with Crippen LogP contribution in [0.2, 0.25) is 6.32 Å². The van der Waals surface area contributed by atoms with Crippen molar-refractivity contribution in [2.24, 2.45) is 0 Å². The van der Waals surface area contributed by atoms with Gasteiger partial charge >= 0.3 is 13.1 Å². The summed E-state index contributed by atoms with van der Waals surface area (Å²) >= 11 is 0. The number of hydrogen-bond donors (Lipinski definition) is 2. The van der Waals surface area contributed by atoms with E-state index in [0.29, 0.717) is 12.7 Å². The largest absolute Gasteiger partial charge is 0.479 e. The van der Waals surface area contributed by atoms with Gasteiger partial charge in [-0.15, -0.1) is 0 Å². The second-order valence-corrected chi connectivity index (χ2v) is 2.35. The lowest BCUT2D eigenvalue weighted by atomic mass is 9.79. The molecule has 1 saturated heterocycles. The topological polar surface area (TPSA) is 66.8 Å². The average molecular weight is 144 g/mol. The van der Waals surface area contributed by atoms with Crippen LogP contribution in [0.15, 0.2) is 0 Å². The Morgan fingerprint density at radius 1 is 1.70 bits per heavy atom. The molecular formula is C5H9BO4. The average Bonchev–Trinajstić information content (AvgIpc) is 1.88. The number of aliphatic carboxylic acids is 1. The van der Waals surface area contributed by atoms with Gasteiger partial charge in [0.25, 0.3) is 0 Å². The molecule has 0 aliphatic carbocycles. The van der Waals surface area contributed by atoms with Crippen LogP contribution >= 0.6 is 0 Å². The molecule has 5 heteroatoms. The summed E-state index contributed by atoms with van der Waals surface area (Å²) in [6, 6.07) is 0. The maximum atomic E-state index is 10.3. The molecule has 0 spiro atoms. The van der Waals surface area contributed by atoms with Gasteiger partial charge < -0.3 is 14.8 Å². The van der Waals surface area contributed by atoms with Crippen molar-refractivity contribution in [2.75, 3.05) is 0 Å². The van der Waals surface area contributed by atoms with E-state index in [4.69, 9.17) is 14.8 Å². The first-order valence-electron chi connectivity index (χ1n) is 3.26. The second-order valence-electron chi connectivity index (χ2n) is 2.35. The lowest BCUT2D eigenvalue weighted by Crippen LogP contribution is -2.35. The molecule has 0 radical (unpaired) electrons. The fraction of sp³-hybridized carbons (Fsp3) is 0.800. The van der Waals surface area contributed by atoms with Gasteiger partial charge in [-0.05, 0) is 12.7 Å². The molecule has 0 bridgehead atoms. The zero-order chi connectivity index (χ0) is 7.56. The quantitative estimate of drug-likeness (QED) is 0.497. The molecule has 56 valence electrons. The first kappa shape index (κ1) is 7.56. The number of carboxylic acid groups (broad SMARTS) is 1. The molecule has 0 amide bonds. The summed E-state index contributed by atoms with van der Waals surface area (Å²) < 4.78 is 4.70. The molecule has 1 atom stereocenters. The molecule has 0 saturated carbocycles. The summed E-state index contributed by atoms with van der Waals surface area (Å²) in [6.07, 6.45) is 0.970. The summed E-state index contributed by atoms with van der Waals surface area (Å²) in [5.74, 6) is -0.987. The maximum absolute atomic E-state index is 10.3. The van der Waals surface area contributed by atoms with Crippen LogP contribution in [-0.4, -0.2) is 29.3 Å². The molecule has 1 rings (SSSR count). The lowest BCUT2D eigenvalue weighted by molar-refractivity contribution is -0.146. The van der Waals surface area contributed by atoms with Crippen LogP contribution in [0, 0.1) is 0 Å². The van der Waals surface area contributed by atoms with E-state index in [1.54, 1.807) is 0 Å². The van der Waals surface area contributed by atoms with Gasteiger partial charge in [-0.2, -0.15) is 0 Å². The molecule has 1 fully saturated rings. The predicted molar refractivity (Wildman–Crippen MR) is 34.5 cm³/mol. The van der Waals surface area contributed by atoms with Crippen molar-refractivity contribution in [2.45, 2.75) is 25.3 Å². The number of rotatable bonds is 1. The summed E-state index contributed by atoms with van der Waals surface area (Å²) in [5, 5.41) is 17.3. The third kappa shape index (κ3) is 1.72. The Balaban J connectivity index is 2.39. The van der Waals surface area contributed by atoms with E-state index in [1.165, 1.54) is 0 Å². The summed E-state index contributed by atoms with van der Waals surface area (Å²) in [5.41, 5.74) is 0. The molecule has 0 aromatic rings. The highest BCUT2D eigenvalue weighted by Gasteiger charge is 2.29. The van der Waals surface area contributed by atoms with Crippen molar-refractivity contribution in [3.8, 4) is 0 Å². The fourth-order valence-corrected chi connectivity index (χ4v) is 0.985. The third-order valence-electron chi connectivity index (χ3n) is 1.51. The van der Waals surface area contributed by atoms with Crippen LogP contribution in [0.1, 0.15) is 12.8 Å². The highest BCUT2D eigenvalue weighted by Crippen LogP contribution is 2.15. The lowest BCUT2D eigenvalue weighted by Gasteiger charge is -2.20. The Morgan fingerprint density at radius 3 is 2.80 bits per heavy atom. The molecule has 1 aliphatic rings. The number of carboxylic acids is 1. The first-order valence-corrected chi connectivity index (χ1v) is 3.26. The van der Waals surface area contributed by atoms with Crippen LogP contribution < -0.4 is 0 Å². The summed E-state index contributed by atoms with van der Waals surface area (Å²) in [4.78, 5) is 10.3. The standard InChI is InChI=1S/C5H9BO4/c7-5(8)4-2-1-3-6(9)10-4/h4,9H,1-3H2,(H,7,8). The van der Waals surface area contributed by atoms with Crippen LogP contribution in [0.5, 0.6) is 0 Å².